The van der Waals surface area contributed by atoms with Gasteiger partial charge in [0.15, 0.2) is 5.82 Å². The average Bonchev–Trinajstić information content (AvgIpc) is 2.34. The maximum Gasteiger partial charge on any atom is 0.348 e. The predicted octanol–water partition coefficient (Wildman–Crippen LogP) is 2.23. The summed E-state index contributed by atoms with van der Waals surface area (Å²) in [4.78, 5) is 8.00. The third-order valence-electron chi connectivity index (χ3n) is 2.04. The maximum atomic E-state index is 5.96. The number of halogens is 2. The lowest BCUT2D eigenvalue weighted by molar-refractivity contribution is 0.346. The number of anilines is 2. The molecule has 0 bridgehead atoms. The Morgan fingerprint density at radius 1 is 1.39 bits per heavy atom. The van der Waals surface area contributed by atoms with E-state index in [1.54, 1.807) is 25.2 Å². The van der Waals surface area contributed by atoms with Crippen molar-refractivity contribution >= 4 is 40.5 Å². The van der Waals surface area contributed by atoms with E-state index in [4.69, 9.17) is 33.5 Å². The first kappa shape index (κ1) is 12.7. The second-order valence-electron chi connectivity index (χ2n) is 3.27. The van der Waals surface area contributed by atoms with Crippen molar-refractivity contribution in [2.45, 2.75) is 0 Å². The number of hydrogen-bond acceptors (Lipinski definition) is 6. The van der Waals surface area contributed by atoms with Crippen LogP contribution in [0.25, 0.3) is 0 Å². The van der Waals surface area contributed by atoms with Crippen LogP contribution in [0, 0.1) is 0 Å². The van der Waals surface area contributed by atoms with Gasteiger partial charge in [0.25, 0.3) is 0 Å². The van der Waals surface area contributed by atoms with E-state index in [1.807, 2.05) is 0 Å². The van der Waals surface area contributed by atoms with E-state index in [9.17, 15) is 0 Å². The van der Waals surface area contributed by atoms with Crippen LogP contribution < -0.4 is 16.7 Å². The Balaban J connectivity index is 2.50. The Hall–Kier alpha value is -1.79. The van der Waals surface area contributed by atoms with Crippen LogP contribution in [-0.4, -0.2) is 17.2 Å². The number of nitrogens with two attached hydrogens (primary N) is 1. The zero-order chi connectivity index (χ0) is 13.1. The molecule has 0 spiro atoms. The topological polar surface area (TPSA) is 89.3 Å². The predicted molar refractivity (Wildman–Crippen MR) is 69.9 cm³/mol. The number of benzene rings is 1. The molecule has 1 aromatic heterocycles. The summed E-state index contributed by atoms with van der Waals surface area (Å²) in [5, 5.41) is 7.36. The van der Waals surface area contributed by atoms with E-state index in [0.29, 0.717) is 21.6 Å². The normalized spacial score (nSPS) is 11.6. The lowest BCUT2D eigenvalue weighted by Gasteiger charge is -2.00. The first-order chi connectivity index (χ1) is 8.60. The molecule has 18 heavy (non-hydrogen) atoms. The van der Waals surface area contributed by atoms with Crippen molar-refractivity contribution in [1.82, 2.24) is 10.1 Å². The van der Waals surface area contributed by atoms with Crippen LogP contribution in [0.5, 0.6) is 0 Å². The van der Waals surface area contributed by atoms with Gasteiger partial charge in [0.2, 0.25) is 5.82 Å². The highest BCUT2D eigenvalue weighted by Crippen LogP contribution is 2.27. The van der Waals surface area contributed by atoms with Crippen molar-refractivity contribution in [2.24, 2.45) is 4.99 Å². The number of nitrogens with zero attached hydrogens (tertiary/aromatic N) is 3. The van der Waals surface area contributed by atoms with Gasteiger partial charge in [-0.3, -0.25) is 0 Å². The lowest BCUT2D eigenvalue weighted by atomic mass is 10.3. The summed E-state index contributed by atoms with van der Waals surface area (Å²) < 4.78 is 4.96. The van der Waals surface area contributed by atoms with Crippen LogP contribution in [0.1, 0.15) is 0 Å². The quantitative estimate of drug-likeness (QED) is 0.883. The van der Waals surface area contributed by atoms with Gasteiger partial charge in [0.1, 0.15) is 0 Å². The monoisotopic (exact) mass is 285 g/mol. The zero-order valence-corrected chi connectivity index (χ0v) is 10.8. The highest BCUT2D eigenvalue weighted by atomic mass is 35.5. The second-order valence-corrected chi connectivity index (χ2v) is 4.11. The molecule has 0 aliphatic heterocycles. The molecule has 0 unspecified atom stereocenters. The molecule has 0 saturated carbocycles. The van der Waals surface area contributed by atoms with Gasteiger partial charge in [0.05, 0.1) is 10.7 Å². The lowest BCUT2D eigenvalue weighted by Crippen LogP contribution is -2.13. The van der Waals surface area contributed by atoms with E-state index >= 15 is 0 Å². The molecule has 6 nitrogen and oxygen atoms in total. The first-order valence-corrected chi connectivity index (χ1v) is 5.67. The van der Waals surface area contributed by atoms with Crippen LogP contribution in [0.2, 0.25) is 10.0 Å². The average molecular weight is 286 g/mol. The minimum atomic E-state index is -0.00401. The molecular weight excluding hydrogens is 277 g/mol. The van der Waals surface area contributed by atoms with Crippen LogP contribution in [-0.2, 0) is 0 Å². The summed E-state index contributed by atoms with van der Waals surface area (Å²) in [6.45, 7) is 0. The molecule has 0 aliphatic rings. The molecule has 1 heterocycles. The number of nitrogens with one attached hydrogen (secondary N) is 1. The van der Waals surface area contributed by atoms with E-state index in [1.165, 1.54) is 0 Å². The third-order valence-corrected chi connectivity index (χ3v) is 2.59. The Bertz CT molecular complexity index is 640. The van der Waals surface area contributed by atoms with Gasteiger partial charge in [-0.25, -0.2) is 0 Å². The van der Waals surface area contributed by atoms with Crippen molar-refractivity contribution in [1.29, 1.82) is 0 Å². The first-order valence-electron chi connectivity index (χ1n) is 4.91. The fourth-order valence-corrected chi connectivity index (χ4v) is 1.53. The van der Waals surface area contributed by atoms with Crippen molar-refractivity contribution < 1.29 is 4.52 Å². The van der Waals surface area contributed by atoms with Crippen molar-refractivity contribution in [3.63, 3.8) is 0 Å². The molecule has 0 fully saturated rings. The molecular formula is C10H9Cl2N5O. The minimum absolute atomic E-state index is 0.00401. The van der Waals surface area contributed by atoms with Gasteiger partial charge in [-0.15, -0.1) is 0 Å². The van der Waals surface area contributed by atoms with Crippen molar-refractivity contribution in [3.05, 3.63) is 33.9 Å². The third kappa shape index (κ3) is 2.72. The maximum absolute atomic E-state index is 5.96. The molecule has 94 valence electrons. The molecule has 2 aromatic rings. The van der Waals surface area contributed by atoms with Crippen LogP contribution in [0.4, 0.5) is 17.3 Å². The molecule has 0 amide bonds. The Morgan fingerprint density at radius 3 is 2.83 bits per heavy atom. The zero-order valence-electron chi connectivity index (χ0n) is 9.32. The Labute approximate surface area is 112 Å². The van der Waals surface area contributed by atoms with Gasteiger partial charge in [-0.05, 0) is 18.2 Å². The second kappa shape index (κ2) is 5.24. The summed E-state index contributed by atoms with van der Waals surface area (Å²) in [7, 11) is 1.65. The summed E-state index contributed by atoms with van der Waals surface area (Å²) in [5.74, 6) is 0.520. The van der Waals surface area contributed by atoms with Crippen LogP contribution in [0.3, 0.4) is 0 Å². The summed E-state index contributed by atoms with van der Waals surface area (Å²) >= 11 is 11.8. The Morgan fingerprint density at radius 2 is 2.17 bits per heavy atom. The SMILES string of the molecule is CNc1noc(=Nc2cc(Cl)ccc2Cl)nc1N. The van der Waals surface area contributed by atoms with E-state index in [-0.39, 0.29) is 11.5 Å². The molecule has 3 N–H and O–H groups in total. The van der Waals surface area contributed by atoms with Gasteiger partial charge in [-0.1, -0.05) is 28.4 Å². The molecule has 0 saturated heterocycles. The van der Waals surface area contributed by atoms with Crippen molar-refractivity contribution in [3.8, 4) is 0 Å². The van der Waals surface area contributed by atoms with Crippen LogP contribution >= 0.6 is 23.2 Å². The molecule has 0 radical (unpaired) electrons. The van der Waals surface area contributed by atoms with Gasteiger partial charge in [-0.2, -0.15) is 9.98 Å². The van der Waals surface area contributed by atoms with E-state index in [2.05, 4.69) is 20.4 Å². The van der Waals surface area contributed by atoms with Crippen molar-refractivity contribution in [2.75, 3.05) is 18.1 Å². The smallest absolute Gasteiger partial charge is 0.348 e. The molecule has 0 aliphatic carbocycles. The van der Waals surface area contributed by atoms with Gasteiger partial charge < -0.3 is 15.6 Å². The molecule has 8 heteroatoms. The highest BCUT2D eigenvalue weighted by Gasteiger charge is 2.03. The van der Waals surface area contributed by atoms with E-state index in [0.717, 1.165) is 0 Å². The summed E-state index contributed by atoms with van der Waals surface area (Å²) in [5.41, 5.74) is 6.06. The summed E-state index contributed by atoms with van der Waals surface area (Å²) in [6, 6.07) is 4.87. The molecule has 2 rings (SSSR count). The standard InChI is InChI=1S/C10H9Cl2N5O/c1-14-9-8(13)16-10(18-17-9)15-7-4-5(11)2-3-6(7)12/h2-4H,1H3,(H,14,17)(H2,13,15,16). The summed E-state index contributed by atoms with van der Waals surface area (Å²) in [6.07, 6.45) is 0. The minimum Gasteiger partial charge on any atom is -0.380 e. The fourth-order valence-electron chi connectivity index (χ4n) is 1.20. The fraction of sp³-hybridized carbons (Fsp3) is 0.100. The number of nitrogen functional groups attached to an aromatic ring is 1. The number of aromatic nitrogens is 2. The highest BCUT2D eigenvalue weighted by molar-refractivity contribution is 6.35. The van der Waals surface area contributed by atoms with Gasteiger partial charge >= 0.3 is 5.68 Å². The molecule has 0 atom stereocenters. The van der Waals surface area contributed by atoms with Gasteiger partial charge in [0, 0.05) is 12.1 Å². The Kier molecular flexibility index (Phi) is 3.69. The number of rotatable bonds is 2. The number of hydrogen-bond donors (Lipinski definition) is 2. The van der Waals surface area contributed by atoms with Crippen LogP contribution in [0.15, 0.2) is 27.7 Å². The largest absolute Gasteiger partial charge is 0.380 e. The molecule has 1 aromatic carbocycles. The van der Waals surface area contributed by atoms with E-state index < -0.39 is 0 Å².